The first-order chi connectivity index (χ1) is 17.3. The summed E-state index contributed by atoms with van der Waals surface area (Å²) in [7, 11) is 0. The van der Waals surface area contributed by atoms with Crippen LogP contribution < -0.4 is 16.8 Å². The van der Waals surface area contributed by atoms with E-state index in [9.17, 15) is 14.7 Å². The Morgan fingerprint density at radius 2 is 1.61 bits per heavy atom. The number of carboxylic acid groups (broad SMARTS) is 1. The van der Waals surface area contributed by atoms with Crippen LogP contribution in [0.25, 0.3) is 0 Å². The molecule has 8 atom stereocenters. The van der Waals surface area contributed by atoms with E-state index in [1.807, 2.05) is 0 Å². The number of carboxylic acids is 1. The lowest BCUT2D eigenvalue weighted by molar-refractivity contribution is -0.152. The molecule has 1 amide bonds. The number of amides is 1. The molecule has 0 aromatic carbocycles. The Hall–Kier alpha value is -1.67. The van der Waals surface area contributed by atoms with Crippen LogP contribution in [0.5, 0.6) is 0 Å². The van der Waals surface area contributed by atoms with Crippen molar-refractivity contribution in [1.29, 1.82) is 5.41 Å². The lowest BCUT2D eigenvalue weighted by atomic mass is 9.63. The summed E-state index contributed by atoms with van der Waals surface area (Å²) >= 11 is 0. The number of nitrogens with one attached hydrogen (secondary N) is 2. The summed E-state index contributed by atoms with van der Waals surface area (Å²) in [5.74, 6) is 0.904. The third-order valence-electron chi connectivity index (χ3n) is 10.7. The van der Waals surface area contributed by atoms with Crippen molar-refractivity contribution in [2.24, 2.45) is 41.1 Å². The van der Waals surface area contributed by atoms with Gasteiger partial charge in [0.1, 0.15) is 6.04 Å². The topological polar surface area (TPSA) is 146 Å². The standard InChI is InChI=1S/C28H47N5O3/c29-19-10-12-20(13-11-19)32-27(34)24-14-17-8-9-18(26(30)31)15-23(17)33(24)25(28(35)36)22-7-3-5-16-4-1-2-6-21(16)22/h16-25H,1-15,29H2,(H3,30,31)(H,32,34)(H,35,36)/t16?,17?,18?,19?,20?,21?,22?,23?,24?,25-/m1/s1. The van der Waals surface area contributed by atoms with E-state index in [0.29, 0.717) is 24.2 Å². The monoisotopic (exact) mass is 501 g/mol. The number of carbonyl (C=O) groups is 2. The van der Waals surface area contributed by atoms with Crippen LogP contribution >= 0.6 is 0 Å². The van der Waals surface area contributed by atoms with Gasteiger partial charge in [0.25, 0.3) is 0 Å². The third-order valence-corrected chi connectivity index (χ3v) is 10.7. The maximum absolute atomic E-state index is 13.8. The minimum absolute atomic E-state index is 0.00602. The van der Waals surface area contributed by atoms with Crippen molar-refractivity contribution >= 4 is 17.7 Å². The Labute approximate surface area is 215 Å². The quantitative estimate of drug-likeness (QED) is 0.279. The van der Waals surface area contributed by atoms with Crippen molar-refractivity contribution in [1.82, 2.24) is 10.2 Å². The Morgan fingerprint density at radius 1 is 0.889 bits per heavy atom. The molecule has 4 aliphatic carbocycles. The zero-order valence-electron chi connectivity index (χ0n) is 21.7. The van der Waals surface area contributed by atoms with Gasteiger partial charge in [0.15, 0.2) is 0 Å². The smallest absolute Gasteiger partial charge is 0.321 e. The number of hydrogen-bond acceptors (Lipinski definition) is 5. The van der Waals surface area contributed by atoms with Crippen molar-refractivity contribution in [2.75, 3.05) is 0 Å². The van der Waals surface area contributed by atoms with Crippen molar-refractivity contribution < 1.29 is 14.7 Å². The SMILES string of the molecule is N=C(N)C1CCC2CC(C(=O)NC3CCC(N)CC3)N([C@@H](C(=O)O)C3CCCC4CCCCC43)C2C1. The average molecular weight is 502 g/mol. The van der Waals surface area contributed by atoms with Gasteiger partial charge in [0, 0.05) is 24.0 Å². The Kier molecular flexibility index (Phi) is 7.92. The highest BCUT2D eigenvalue weighted by atomic mass is 16.4. The maximum Gasteiger partial charge on any atom is 0.321 e. The van der Waals surface area contributed by atoms with E-state index in [0.717, 1.165) is 64.2 Å². The number of hydrogen-bond donors (Lipinski definition) is 5. The highest BCUT2D eigenvalue weighted by molar-refractivity contribution is 5.84. The largest absolute Gasteiger partial charge is 0.480 e. The summed E-state index contributed by atoms with van der Waals surface area (Å²) in [6.07, 6.45) is 14.9. The molecule has 5 aliphatic rings. The van der Waals surface area contributed by atoms with Gasteiger partial charge in [-0.1, -0.05) is 32.1 Å². The van der Waals surface area contributed by atoms with E-state index in [4.69, 9.17) is 16.9 Å². The maximum atomic E-state index is 13.8. The molecular weight excluding hydrogens is 454 g/mol. The first kappa shape index (κ1) is 26.0. The molecule has 5 fully saturated rings. The number of fused-ring (bicyclic) bond motifs is 2. The van der Waals surface area contributed by atoms with E-state index in [1.54, 1.807) is 0 Å². The minimum Gasteiger partial charge on any atom is -0.480 e. The second-order valence-electron chi connectivity index (χ2n) is 12.7. The fraction of sp³-hybridized carbons (Fsp3) is 0.893. The van der Waals surface area contributed by atoms with Gasteiger partial charge in [-0.15, -0.1) is 0 Å². The minimum atomic E-state index is -0.765. The van der Waals surface area contributed by atoms with Gasteiger partial charge in [0.05, 0.1) is 11.9 Å². The molecule has 36 heavy (non-hydrogen) atoms. The number of rotatable bonds is 6. The van der Waals surface area contributed by atoms with Gasteiger partial charge in [0.2, 0.25) is 5.91 Å². The van der Waals surface area contributed by atoms with Gasteiger partial charge in [-0.05, 0) is 87.9 Å². The molecule has 5 rings (SSSR count). The average Bonchev–Trinajstić information content (AvgIpc) is 3.24. The Bertz CT molecular complexity index is 826. The van der Waals surface area contributed by atoms with Gasteiger partial charge >= 0.3 is 5.97 Å². The first-order valence-corrected chi connectivity index (χ1v) is 14.7. The highest BCUT2D eigenvalue weighted by Crippen LogP contribution is 2.50. The number of carbonyl (C=O) groups excluding carboxylic acids is 1. The molecule has 1 heterocycles. The van der Waals surface area contributed by atoms with Crippen LogP contribution in [0.4, 0.5) is 0 Å². The predicted molar refractivity (Wildman–Crippen MR) is 139 cm³/mol. The van der Waals surface area contributed by atoms with Crippen LogP contribution in [0.3, 0.4) is 0 Å². The van der Waals surface area contributed by atoms with E-state index >= 15 is 0 Å². The van der Waals surface area contributed by atoms with Gasteiger partial charge in [-0.2, -0.15) is 0 Å². The highest BCUT2D eigenvalue weighted by Gasteiger charge is 2.55. The number of likely N-dealkylation sites (tertiary alicyclic amines) is 1. The summed E-state index contributed by atoms with van der Waals surface area (Å²) in [6, 6.07) is -0.683. The Morgan fingerprint density at radius 3 is 2.33 bits per heavy atom. The normalized spacial score (nSPS) is 42.1. The lowest BCUT2D eigenvalue weighted by Crippen LogP contribution is -2.60. The third kappa shape index (κ3) is 5.17. The lowest BCUT2D eigenvalue weighted by Gasteiger charge is -2.48. The molecule has 0 bridgehead atoms. The van der Waals surface area contributed by atoms with E-state index in [-0.39, 0.29) is 41.7 Å². The molecule has 0 spiro atoms. The fourth-order valence-electron chi connectivity index (χ4n) is 8.89. The van der Waals surface area contributed by atoms with Crippen molar-refractivity contribution in [3.8, 4) is 0 Å². The molecule has 202 valence electrons. The van der Waals surface area contributed by atoms with Crippen molar-refractivity contribution in [2.45, 2.75) is 127 Å². The zero-order valence-corrected chi connectivity index (χ0v) is 21.7. The fourth-order valence-corrected chi connectivity index (χ4v) is 8.89. The molecule has 7 N–H and O–H groups in total. The van der Waals surface area contributed by atoms with Gasteiger partial charge < -0.3 is 21.9 Å². The molecule has 1 saturated heterocycles. The van der Waals surface area contributed by atoms with Crippen LogP contribution in [0.15, 0.2) is 0 Å². The Balaban J connectivity index is 1.43. The molecule has 1 aliphatic heterocycles. The second-order valence-corrected chi connectivity index (χ2v) is 12.7. The molecule has 0 aromatic rings. The van der Waals surface area contributed by atoms with E-state index < -0.39 is 18.1 Å². The second kappa shape index (κ2) is 11.0. The molecule has 0 aromatic heterocycles. The molecule has 0 radical (unpaired) electrons. The van der Waals surface area contributed by atoms with Crippen molar-refractivity contribution in [3.05, 3.63) is 0 Å². The van der Waals surface area contributed by atoms with Gasteiger partial charge in [-0.25, -0.2) is 0 Å². The summed E-state index contributed by atoms with van der Waals surface area (Å²) < 4.78 is 0. The molecule has 7 unspecified atom stereocenters. The summed E-state index contributed by atoms with van der Waals surface area (Å²) in [4.78, 5) is 29.0. The number of amidine groups is 1. The van der Waals surface area contributed by atoms with E-state index in [2.05, 4.69) is 10.2 Å². The van der Waals surface area contributed by atoms with Crippen molar-refractivity contribution in [3.63, 3.8) is 0 Å². The molecule has 8 nitrogen and oxygen atoms in total. The van der Waals surface area contributed by atoms with Crippen LogP contribution in [0.2, 0.25) is 0 Å². The summed E-state index contributed by atoms with van der Waals surface area (Å²) in [5, 5.41) is 22.1. The number of nitrogens with zero attached hydrogens (tertiary/aromatic N) is 1. The van der Waals surface area contributed by atoms with E-state index in [1.165, 1.54) is 25.7 Å². The predicted octanol–water partition coefficient (Wildman–Crippen LogP) is 3.23. The van der Waals surface area contributed by atoms with Crippen LogP contribution in [0, 0.1) is 35.0 Å². The molecule has 4 saturated carbocycles. The summed E-state index contributed by atoms with van der Waals surface area (Å²) in [6.45, 7) is 0. The summed E-state index contributed by atoms with van der Waals surface area (Å²) in [5.41, 5.74) is 12.0. The first-order valence-electron chi connectivity index (χ1n) is 14.7. The molecule has 8 heteroatoms. The zero-order chi connectivity index (χ0) is 25.4. The van der Waals surface area contributed by atoms with Crippen LogP contribution in [-0.2, 0) is 9.59 Å². The van der Waals surface area contributed by atoms with Gasteiger partial charge in [-0.3, -0.25) is 19.9 Å². The van der Waals surface area contributed by atoms with Crippen LogP contribution in [-0.4, -0.2) is 57.9 Å². The number of aliphatic carboxylic acids is 1. The molecular formula is C28H47N5O3. The van der Waals surface area contributed by atoms with Crippen LogP contribution in [0.1, 0.15) is 96.3 Å². The number of nitrogens with two attached hydrogens (primary N) is 2.